The lowest BCUT2D eigenvalue weighted by Crippen LogP contribution is -2.55. The molecule has 9 heteroatoms. The molecule has 3 aromatic rings. The van der Waals surface area contributed by atoms with Crippen molar-refractivity contribution in [3.8, 4) is 0 Å². The zero-order valence-corrected chi connectivity index (χ0v) is 22.6. The average molecular weight is 544 g/mol. The molecule has 0 aromatic heterocycles. The van der Waals surface area contributed by atoms with Crippen molar-refractivity contribution in [2.75, 3.05) is 35.0 Å². The summed E-state index contributed by atoms with van der Waals surface area (Å²) < 4.78 is 5.15. The standard InChI is InChI=1S/C30H29N3O5S/c1-3-38-24(34)17-32-23-13-7-6-12-20(23)30(29(32)37)26-25(21(31-30)15-16-39-2)27(35)33(28(26)36)22-14-8-10-18-9-4-5-11-19(18)22/h4-14,21,25-26,31H,3,15-17H2,1-2H3/t21-,25-,26-,30+/m1/s1. The normalized spacial score (nSPS) is 25.6. The van der Waals surface area contributed by atoms with Gasteiger partial charge in [0.15, 0.2) is 0 Å². The summed E-state index contributed by atoms with van der Waals surface area (Å²) in [4.78, 5) is 58.1. The average Bonchev–Trinajstić information content (AvgIpc) is 3.51. The molecule has 200 valence electrons. The Balaban J connectivity index is 1.50. The van der Waals surface area contributed by atoms with Crippen molar-refractivity contribution in [1.29, 1.82) is 0 Å². The summed E-state index contributed by atoms with van der Waals surface area (Å²) in [6, 6.07) is 20.0. The third-order valence-corrected chi connectivity index (χ3v) is 8.74. The molecule has 3 heterocycles. The van der Waals surface area contributed by atoms with E-state index in [4.69, 9.17) is 4.74 Å². The van der Waals surface area contributed by atoms with Gasteiger partial charge < -0.3 is 4.74 Å². The highest BCUT2D eigenvalue weighted by atomic mass is 32.2. The maximum absolute atomic E-state index is 14.4. The Morgan fingerprint density at radius 1 is 0.974 bits per heavy atom. The molecule has 39 heavy (non-hydrogen) atoms. The third kappa shape index (κ3) is 3.71. The van der Waals surface area contributed by atoms with Crippen LogP contribution in [0.3, 0.4) is 0 Å². The van der Waals surface area contributed by atoms with Gasteiger partial charge in [0, 0.05) is 22.7 Å². The molecule has 3 aromatic carbocycles. The molecule has 6 rings (SSSR count). The summed E-state index contributed by atoms with van der Waals surface area (Å²) in [5, 5.41) is 5.21. The van der Waals surface area contributed by atoms with Crippen LogP contribution in [0.4, 0.5) is 11.4 Å². The number of ether oxygens (including phenoxy) is 1. The first-order valence-electron chi connectivity index (χ1n) is 13.1. The van der Waals surface area contributed by atoms with Crippen molar-refractivity contribution >= 4 is 57.6 Å². The number of hydrogen-bond acceptors (Lipinski definition) is 7. The molecule has 8 nitrogen and oxygen atoms in total. The van der Waals surface area contributed by atoms with E-state index in [9.17, 15) is 19.2 Å². The number of thioether (sulfide) groups is 1. The summed E-state index contributed by atoms with van der Waals surface area (Å²) in [6.45, 7) is 1.64. The summed E-state index contributed by atoms with van der Waals surface area (Å²) in [7, 11) is 0. The Labute approximate surface area is 230 Å². The van der Waals surface area contributed by atoms with Crippen molar-refractivity contribution < 1.29 is 23.9 Å². The van der Waals surface area contributed by atoms with Crippen LogP contribution < -0.4 is 15.1 Å². The number of fused-ring (bicyclic) bond motifs is 5. The minimum atomic E-state index is -1.46. The zero-order valence-electron chi connectivity index (χ0n) is 21.8. The van der Waals surface area contributed by atoms with Gasteiger partial charge in [-0.15, -0.1) is 0 Å². The quantitative estimate of drug-likeness (QED) is 0.360. The number of nitrogens with zero attached hydrogens (tertiary/aromatic N) is 2. The van der Waals surface area contributed by atoms with E-state index < -0.39 is 41.2 Å². The van der Waals surface area contributed by atoms with E-state index in [-0.39, 0.29) is 19.1 Å². The number of hydrogen-bond donors (Lipinski definition) is 1. The molecule has 3 aliphatic rings. The molecule has 0 saturated carbocycles. The van der Waals surface area contributed by atoms with Crippen molar-refractivity contribution in [2.24, 2.45) is 11.8 Å². The van der Waals surface area contributed by atoms with Crippen LogP contribution in [0.25, 0.3) is 10.8 Å². The minimum absolute atomic E-state index is 0.195. The number of nitrogens with one attached hydrogen (secondary N) is 1. The number of imide groups is 1. The summed E-state index contributed by atoms with van der Waals surface area (Å²) >= 11 is 1.65. The molecule has 0 radical (unpaired) electrons. The molecular formula is C30H29N3O5S. The highest BCUT2D eigenvalue weighted by molar-refractivity contribution is 7.98. The second-order valence-electron chi connectivity index (χ2n) is 10.1. The lowest BCUT2D eigenvalue weighted by atomic mass is 9.76. The zero-order chi connectivity index (χ0) is 27.3. The molecule has 0 aliphatic carbocycles. The number of carbonyl (C=O) groups excluding carboxylic acids is 4. The fraction of sp³-hybridized carbons (Fsp3) is 0.333. The van der Waals surface area contributed by atoms with Crippen LogP contribution in [-0.4, -0.2) is 54.9 Å². The molecule has 2 fully saturated rings. The highest BCUT2D eigenvalue weighted by Gasteiger charge is 2.71. The predicted molar refractivity (Wildman–Crippen MR) is 150 cm³/mol. The first-order chi connectivity index (χ1) is 18.9. The highest BCUT2D eigenvalue weighted by Crippen LogP contribution is 2.55. The monoisotopic (exact) mass is 543 g/mol. The number of amides is 3. The van der Waals surface area contributed by atoms with Gasteiger partial charge in [-0.25, -0.2) is 4.90 Å². The van der Waals surface area contributed by atoms with E-state index in [1.807, 2.05) is 54.8 Å². The maximum atomic E-state index is 14.4. The number of carbonyl (C=O) groups is 4. The van der Waals surface area contributed by atoms with Crippen molar-refractivity contribution in [3.05, 3.63) is 72.3 Å². The van der Waals surface area contributed by atoms with Gasteiger partial charge in [-0.05, 0) is 42.9 Å². The van der Waals surface area contributed by atoms with Crippen LogP contribution in [0.1, 0.15) is 18.9 Å². The van der Waals surface area contributed by atoms with Crippen molar-refractivity contribution in [3.63, 3.8) is 0 Å². The molecular weight excluding hydrogens is 514 g/mol. The first-order valence-corrected chi connectivity index (χ1v) is 14.5. The van der Waals surface area contributed by atoms with E-state index in [2.05, 4.69) is 5.32 Å². The molecule has 2 saturated heterocycles. The number of rotatable bonds is 7. The smallest absolute Gasteiger partial charge is 0.326 e. The van der Waals surface area contributed by atoms with E-state index in [1.54, 1.807) is 36.9 Å². The largest absolute Gasteiger partial charge is 0.465 e. The topological polar surface area (TPSA) is 96.0 Å². The fourth-order valence-electron chi connectivity index (χ4n) is 6.57. The van der Waals surface area contributed by atoms with Gasteiger partial charge in [0.1, 0.15) is 12.1 Å². The molecule has 4 atom stereocenters. The number of anilines is 2. The lowest BCUT2D eigenvalue weighted by Gasteiger charge is -2.30. The summed E-state index contributed by atoms with van der Waals surface area (Å²) in [5.41, 5.74) is 0.236. The van der Waals surface area contributed by atoms with E-state index in [1.165, 1.54) is 9.80 Å². The van der Waals surface area contributed by atoms with Gasteiger partial charge in [0.25, 0.3) is 5.91 Å². The van der Waals surface area contributed by atoms with Crippen LogP contribution in [-0.2, 0) is 29.5 Å². The Bertz CT molecular complexity index is 1500. The SMILES string of the molecule is CCOC(=O)CN1C(=O)[C@]2(N[C@H](CCSC)[C@H]3C(=O)N(c4cccc5ccccc45)C(=O)[C@@H]32)c2ccccc21. The van der Waals surface area contributed by atoms with E-state index >= 15 is 0 Å². The third-order valence-electron chi connectivity index (χ3n) is 8.10. The first kappa shape index (κ1) is 25.6. The summed E-state index contributed by atoms with van der Waals surface area (Å²) in [5.74, 6) is -2.54. The number of para-hydroxylation sites is 1. The molecule has 1 N–H and O–H groups in total. The second-order valence-corrected chi connectivity index (χ2v) is 11.1. The van der Waals surface area contributed by atoms with Crippen LogP contribution in [0.5, 0.6) is 0 Å². The van der Waals surface area contributed by atoms with Gasteiger partial charge in [-0.2, -0.15) is 11.8 Å². The van der Waals surface area contributed by atoms with Gasteiger partial charge in [0.2, 0.25) is 11.8 Å². The van der Waals surface area contributed by atoms with Crippen molar-refractivity contribution in [1.82, 2.24) is 5.32 Å². The summed E-state index contributed by atoms with van der Waals surface area (Å²) in [6.07, 6.45) is 2.60. The Morgan fingerprint density at radius 2 is 1.69 bits per heavy atom. The molecule has 0 unspecified atom stereocenters. The Morgan fingerprint density at radius 3 is 2.49 bits per heavy atom. The van der Waals surface area contributed by atoms with Crippen LogP contribution in [0, 0.1) is 11.8 Å². The van der Waals surface area contributed by atoms with Gasteiger partial charge >= 0.3 is 5.97 Å². The van der Waals surface area contributed by atoms with E-state index in [0.717, 1.165) is 16.5 Å². The van der Waals surface area contributed by atoms with Crippen LogP contribution in [0.15, 0.2) is 66.7 Å². The molecule has 3 amide bonds. The van der Waals surface area contributed by atoms with Crippen LogP contribution in [0.2, 0.25) is 0 Å². The lowest BCUT2D eigenvalue weighted by molar-refractivity contribution is -0.142. The number of benzene rings is 3. The Kier molecular flexibility index (Phi) is 6.43. The molecule has 0 bridgehead atoms. The fourth-order valence-corrected chi connectivity index (χ4v) is 7.06. The predicted octanol–water partition coefficient (Wildman–Crippen LogP) is 3.48. The van der Waals surface area contributed by atoms with Gasteiger partial charge in [0.05, 0.1) is 24.1 Å². The second kappa shape index (κ2) is 9.81. The minimum Gasteiger partial charge on any atom is -0.465 e. The Hall–Kier alpha value is -3.69. The van der Waals surface area contributed by atoms with Crippen molar-refractivity contribution in [2.45, 2.75) is 24.9 Å². The maximum Gasteiger partial charge on any atom is 0.326 e. The van der Waals surface area contributed by atoms with Gasteiger partial charge in [-0.1, -0.05) is 54.6 Å². The van der Waals surface area contributed by atoms with Crippen LogP contribution >= 0.6 is 11.8 Å². The molecule has 3 aliphatic heterocycles. The van der Waals surface area contributed by atoms with E-state index in [0.29, 0.717) is 23.4 Å². The molecule has 1 spiro atoms. The van der Waals surface area contributed by atoms with Gasteiger partial charge in [-0.3, -0.25) is 29.4 Å². The number of esters is 1.